The highest BCUT2D eigenvalue weighted by molar-refractivity contribution is 7.09. The minimum atomic E-state index is 0. The summed E-state index contributed by atoms with van der Waals surface area (Å²) in [6, 6.07) is 10.8. The summed E-state index contributed by atoms with van der Waals surface area (Å²) < 4.78 is 0. The monoisotopic (exact) mass is 388 g/mol. The first-order chi connectivity index (χ1) is 12.3. The van der Waals surface area contributed by atoms with Crippen LogP contribution in [0.4, 0.5) is 0 Å². The Bertz CT molecular complexity index is 844. The normalized spacial score (nSPS) is 16.9. The van der Waals surface area contributed by atoms with E-state index in [-0.39, 0.29) is 12.4 Å². The van der Waals surface area contributed by atoms with Crippen LogP contribution < -0.4 is 5.32 Å². The molecule has 0 bridgehead atoms. The van der Waals surface area contributed by atoms with Crippen molar-refractivity contribution in [1.29, 1.82) is 0 Å². The average molecular weight is 389 g/mol. The number of hydrogen-bond acceptors (Lipinski definition) is 5. The second-order valence-corrected chi connectivity index (χ2v) is 7.86. The molecule has 2 aromatic heterocycles. The number of thiazole rings is 1. The van der Waals surface area contributed by atoms with Gasteiger partial charge in [-0.15, -0.1) is 23.7 Å². The summed E-state index contributed by atoms with van der Waals surface area (Å²) in [5.41, 5.74) is 5.55. The molecule has 1 unspecified atom stereocenters. The third-order valence-electron chi connectivity index (χ3n) is 4.96. The fraction of sp³-hybridized carbons (Fsp3) is 0.400. The molecule has 0 radical (unpaired) electrons. The van der Waals surface area contributed by atoms with E-state index in [1.54, 1.807) is 11.3 Å². The number of fused-ring (bicyclic) bond motifs is 1. The Hall–Kier alpha value is -1.53. The van der Waals surface area contributed by atoms with Gasteiger partial charge in [-0.1, -0.05) is 12.1 Å². The molecule has 6 heteroatoms. The SMILES string of the molecule is Cc1ncsc1CN(Cc1ccc2ncccc2c1)CC1CCNC1.Cl. The van der Waals surface area contributed by atoms with Crippen LogP contribution in [0.1, 0.15) is 22.6 Å². The van der Waals surface area contributed by atoms with Crippen LogP contribution in [0, 0.1) is 12.8 Å². The number of aromatic nitrogens is 2. The predicted octanol–water partition coefficient (Wildman–Crippen LogP) is 4.03. The topological polar surface area (TPSA) is 41.1 Å². The lowest BCUT2D eigenvalue weighted by atomic mass is 10.1. The molecule has 1 aliphatic rings. The van der Waals surface area contributed by atoms with E-state index in [0.717, 1.165) is 44.2 Å². The Labute approximate surface area is 165 Å². The van der Waals surface area contributed by atoms with Crippen molar-refractivity contribution < 1.29 is 0 Å². The van der Waals surface area contributed by atoms with Crippen molar-refractivity contribution in [2.45, 2.75) is 26.4 Å². The van der Waals surface area contributed by atoms with Gasteiger partial charge in [0.25, 0.3) is 0 Å². The number of benzene rings is 1. The van der Waals surface area contributed by atoms with Crippen molar-refractivity contribution in [3.63, 3.8) is 0 Å². The number of rotatable bonds is 6. The second kappa shape index (κ2) is 8.91. The molecular formula is C20H25ClN4S. The van der Waals surface area contributed by atoms with Gasteiger partial charge in [0.05, 0.1) is 16.7 Å². The van der Waals surface area contributed by atoms with E-state index in [1.807, 2.05) is 17.8 Å². The van der Waals surface area contributed by atoms with Gasteiger partial charge >= 0.3 is 0 Å². The van der Waals surface area contributed by atoms with E-state index >= 15 is 0 Å². The van der Waals surface area contributed by atoms with Gasteiger partial charge in [0.1, 0.15) is 0 Å². The van der Waals surface area contributed by atoms with Crippen LogP contribution >= 0.6 is 23.7 Å². The van der Waals surface area contributed by atoms with Gasteiger partial charge in [0.2, 0.25) is 0 Å². The van der Waals surface area contributed by atoms with E-state index in [0.29, 0.717) is 0 Å². The van der Waals surface area contributed by atoms with Crippen LogP contribution in [-0.4, -0.2) is 34.5 Å². The van der Waals surface area contributed by atoms with E-state index < -0.39 is 0 Å². The molecule has 0 amide bonds. The standard InChI is InChI=1S/C20H24N4S.ClH/c1-15-20(25-14-23-15)13-24(12-17-6-8-21-10-17)11-16-4-5-19-18(9-16)3-2-7-22-19;/h2-5,7,9,14,17,21H,6,8,10-13H2,1H3;1H. The van der Waals surface area contributed by atoms with Gasteiger partial charge in [0.15, 0.2) is 0 Å². The fourth-order valence-electron chi connectivity index (χ4n) is 3.58. The Morgan fingerprint density at radius 1 is 1.23 bits per heavy atom. The van der Waals surface area contributed by atoms with E-state index in [9.17, 15) is 0 Å². The third-order valence-corrected chi connectivity index (χ3v) is 5.88. The van der Waals surface area contributed by atoms with Crippen LogP contribution in [0.15, 0.2) is 42.0 Å². The minimum Gasteiger partial charge on any atom is -0.316 e. The zero-order valence-electron chi connectivity index (χ0n) is 15.0. The Morgan fingerprint density at radius 3 is 2.92 bits per heavy atom. The number of halogens is 1. The fourth-order valence-corrected chi connectivity index (χ4v) is 4.40. The van der Waals surface area contributed by atoms with Crippen molar-refractivity contribution in [1.82, 2.24) is 20.2 Å². The highest BCUT2D eigenvalue weighted by Crippen LogP contribution is 2.21. The summed E-state index contributed by atoms with van der Waals surface area (Å²) in [6.07, 6.45) is 3.13. The molecule has 138 valence electrons. The smallest absolute Gasteiger partial charge is 0.0798 e. The number of nitrogens with zero attached hydrogens (tertiary/aromatic N) is 3. The lowest BCUT2D eigenvalue weighted by Gasteiger charge is -2.25. The molecule has 4 rings (SSSR count). The Morgan fingerprint density at radius 2 is 2.15 bits per heavy atom. The third kappa shape index (κ3) is 4.60. The molecule has 4 nitrogen and oxygen atoms in total. The molecule has 3 aromatic rings. The summed E-state index contributed by atoms with van der Waals surface area (Å²) in [5.74, 6) is 0.746. The molecule has 1 aromatic carbocycles. The van der Waals surface area contributed by atoms with Crippen molar-refractivity contribution >= 4 is 34.6 Å². The lowest BCUT2D eigenvalue weighted by Crippen LogP contribution is -2.30. The van der Waals surface area contributed by atoms with E-state index in [2.05, 4.69) is 51.4 Å². The van der Waals surface area contributed by atoms with Gasteiger partial charge in [-0.3, -0.25) is 9.88 Å². The van der Waals surface area contributed by atoms with Gasteiger partial charge in [0, 0.05) is 36.1 Å². The molecule has 3 heterocycles. The first kappa shape index (κ1) is 19.2. The zero-order valence-corrected chi connectivity index (χ0v) is 16.7. The molecular weight excluding hydrogens is 364 g/mol. The number of pyridine rings is 1. The molecule has 1 fully saturated rings. The number of nitrogens with one attached hydrogen (secondary N) is 1. The quantitative estimate of drug-likeness (QED) is 0.692. The zero-order chi connectivity index (χ0) is 17.1. The van der Waals surface area contributed by atoms with Crippen molar-refractivity contribution in [3.8, 4) is 0 Å². The summed E-state index contributed by atoms with van der Waals surface area (Å²) in [6.45, 7) is 7.49. The molecule has 0 spiro atoms. The van der Waals surface area contributed by atoms with Crippen molar-refractivity contribution in [2.24, 2.45) is 5.92 Å². The maximum Gasteiger partial charge on any atom is 0.0798 e. The number of hydrogen-bond donors (Lipinski definition) is 1. The summed E-state index contributed by atoms with van der Waals surface area (Å²) in [5, 5.41) is 4.71. The number of aryl methyl sites for hydroxylation is 1. The van der Waals surface area contributed by atoms with Crippen LogP contribution in [0.2, 0.25) is 0 Å². The predicted molar refractivity (Wildman–Crippen MR) is 111 cm³/mol. The highest BCUT2D eigenvalue weighted by atomic mass is 35.5. The molecule has 1 atom stereocenters. The van der Waals surface area contributed by atoms with Crippen LogP contribution in [0.25, 0.3) is 10.9 Å². The summed E-state index contributed by atoms with van der Waals surface area (Å²) >= 11 is 1.77. The maximum atomic E-state index is 4.43. The summed E-state index contributed by atoms with van der Waals surface area (Å²) in [7, 11) is 0. The van der Waals surface area contributed by atoms with E-state index in [1.165, 1.54) is 27.9 Å². The molecule has 0 aliphatic carbocycles. The molecule has 1 aliphatic heterocycles. The van der Waals surface area contributed by atoms with Gasteiger partial charge < -0.3 is 5.32 Å². The van der Waals surface area contributed by atoms with Crippen molar-refractivity contribution in [2.75, 3.05) is 19.6 Å². The van der Waals surface area contributed by atoms with Crippen LogP contribution in [-0.2, 0) is 13.1 Å². The average Bonchev–Trinajstić information content (AvgIpc) is 3.27. The van der Waals surface area contributed by atoms with Crippen LogP contribution in [0.5, 0.6) is 0 Å². The largest absolute Gasteiger partial charge is 0.316 e. The first-order valence-corrected chi connectivity index (χ1v) is 9.81. The maximum absolute atomic E-state index is 4.43. The van der Waals surface area contributed by atoms with Gasteiger partial charge in [-0.2, -0.15) is 0 Å². The summed E-state index contributed by atoms with van der Waals surface area (Å²) in [4.78, 5) is 12.8. The van der Waals surface area contributed by atoms with Crippen molar-refractivity contribution in [3.05, 3.63) is 58.2 Å². The van der Waals surface area contributed by atoms with E-state index in [4.69, 9.17) is 0 Å². The first-order valence-electron chi connectivity index (χ1n) is 8.93. The lowest BCUT2D eigenvalue weighted by molar-refractivity contribution is 0.222. The molecule has 0 saturated carbocycles. The minimum absolute atomic E-state index is 0. The van der Waals surface area contributed by atoms with Gasteiger partial charge in [-0.05, 0) is 56.1 Å². The molecule has 26 heavy (non-hydrogen) atoms. The Balaban J connectivity index is 0.00000196. The van der Waals surface area contributed by atoms with Gasteiger partial charge in [-0.25, -0.2) is 4.98 Å². The van der Waals surface area contributed by atoms with Crippen LogP contribution in [0.3, 0.4) is 0 Å². The Kier molecular flexibility index (Phi) is 6.59. The highest BCUT2D eigenvalue weighted by Gasteiger charge is 2.19. The molecule has 1 saturated heterocycles. The second-order valence-electron chi connectivity index (χ2n) is 6.92. The molecule has 1 N–H and O–H groups in total.